The quantitative estimate of drug-likeness (QED) is 0.856. The summed E-state index contributed by atoms with van der Waals surface area (Å²) in [5.74, 6) is 0.973. The van der Waals surface area contributed by atoms with Gasteiger partial charge in [-0.15, -0.1) is 0 Å². The van der Waals surface area contributed by atoms with Crippen LogP contribution in [0.2, 0.25) is 5.02 Å². The van der Waals surface area contributed by atoms with Crippen LogP contribution in [0, 0.1) is 0 Å². The SMILES string of the molecule is COc1ccc(NC(=O)CNc2ccccc2Cl)cc1OC. The highest BCUT2D eigenvalue weighted by Gasteiger charge is 2.08. The fourth-order valence-electron chi connectivity index (χ4n) is 1.90. The van der Waals surface area contributed by atoms with Crippen LogP contribution in [-0.2, 0) is 4.79 Å². The molecule has 0 spiro atoms. The van der Waals surface area contributed by atoms with E-state index in [4.69, 9.17) is 21.1 Å². The van der Waals surface area contributed by atoms with E-state index >= 15 is 0 Å². The number of amides is 1. The van der Waals surface area contributed by atoms with Crippen molar-refractivity contribution in [3.63, 3.8) is 0 Å². The van der Waals surface area contributed by atoms with Gasteiger partial charge in [0.05, 0.1) is 31.5 Å². The monoisotopic (exact) mass is 320 g/mol. The van der Waals surface area contributed by atoms with Crippen LogP contribution in [0.15, 0.2) is 42.5 Å². The van der Waals surface area contributed by atoms with Gasteiger partial charge in [0.2, 0.25) is 5.91 Å². The summed E-state index contributed by atoms with van der Waals surface area (Å²) in [7, 11) is 3.10. The number of hydrogen-bond acceptors (Lipinski definition) is 4. The number of methoxy groups -OCH3 is 2. The number of para-hydroxylation sites is 1. The van der Waals surface area contributed by atoms with Crippen molar-refractivity contribution in [1.82, 2.24) is 0 Å². The number of benzene rings is 2. The van der Waals surface area contributed by atoms with Crippen LogP contribution in [0.4, 0.5) is 11.4 Å². The van der Waals surface area contributed by atoms with Gasteiger partial charge in [0.25, 0.3) is 0 Å². The van der Waals surface area contributed by atoms with Crippen molar-refractivity contribution in [1.29, 1.82) is 0 Å². The van der Waals surface area contributed by atoms with E-state index in [1.807, 2.05) is 18.2 Å². The van der Waals surface area contributed by atoms with Crippen LogP contribution in [0.1, 0.15) is 0 Å². The van der Waals surface area contributed by atoms with E-state index < -0.39 is 0 Å². The Morgan fingerprint density at radius 1 is 1.09 bits per heavy atom. The molecule has 0 aromatic heterocycles. The average Bonchev–Trinajstić information content (AvgIpc) is 2.54. The van der Waals surface area contributed by atoms with Crippen LogP contribution in [0.25, 0.3) is 0 Å². The summed E-state index contributed by atoms with van der Waals surface area (Å²) in [6.07, 6.45) is 0. The maximum Gasteiger partial charge on any atom is 0.243 e. The number of rotatable bonds is 6. The molecule has 1 amide bonds. The summed E-state index contributed by atoms with van der Waals surface area (Å²) in [4.78, 5) is 12.0. The van der Waals surface area contributed by atoms with E-state index in [1.54, 1.807) is 38.5 Å². The van der Waals surface area contributed by atoms with Gasteiger partial charge in [-0.3, -0.25) is 4.79 Å². The first-order valence-electron chi connectivity index (χ1n) is 6.64. The minimum absolute atomic E-state index is 0.109. The van der Waals surface area contributed by atoms with Crippen molar-refractivity contribution < 1.29 is 14.3 Å². The molecule has 0 saturated carbocycles. The van der Waals surface area contributed by atoms with Crippen molar-refractivity contribution in [2.45, 2.75) is 0 Å². The Kier molecular flexibility index (Phi) is 5.49. The first kappa shape index (κ1) is 16.0. The molecule has 0 unspecified atom stereocenters. The highest BCUT2D eigenvalue weighted by molar-refractivity contribution is 6.33. The summed E-state index contributed by atoms with van der Waals surface area (Å²) >= 11 is 6.02. The molecule has 0 atom stereocenters. The smallest absolute Gasteiger partial charge is 0.243 e. The lowest BCUT2D eigenvalue weighted by Crippen LogP contribution is -2.21. The largest absolute Gasteiger partial charge is 0.493 e. The van der Waals surface area contributed by atoms with Gasteiger partial charge in [-0.1, -0.05) is 23.7 Å². The normalized spacial score (nSPS) is 9.95. The maximum absolute atomic E-state index is 12.0. The molecule has 0 heterocycles. The fraction of sp³-hybridized carbons (Fsp3) is 0.188. The van der Waals surface area contributed by atoms with E-state index in [0.29, 0.717) is 27.9 Å². The van der Waals surface area contributed by atoms with Crippen molar-refractivity contribution >= 4 is 28.9 Å². The highest BCUT2D eigenvalue weighted by atomic mass is 35.5. The molecule has 116 valence electrons. The van der Waals surface area contributed by atoms with Gasteiger partial charge >= 0.3 is 0 Å². The van der Waals surface area contributed by atoms with Crippen LogP contribution in [0.5, 0.6) is 11.5 Å². The summed E-state index contributed by atoms with van der Waals surface area (Å²) in [6.45, 7) is 0.109. The van der Waals surface area contributed by atoms with Gasteiger partial charge in [-0.2, -0.15) is 0 Å². The van der Waals surface area contributed by atoms with Crippen LogP contribution in [-0.4, -0.2) is 26.7 Å². The Labute approximate surface area is 134 Å². The second-order valence-corrected chi connectivity index (χ2v) is 4.86. The number of nitrogens with one attached hydrogen (secondary N) is 2. The Bertz CT molecular complexity index is 662. The lowest BCUT2D eigenvalue weighted by Gasteiger charge is -2.11. The highest BCUT2D eigenvalue weighted by Crippen LogP contribution is 2.29. The van der Waals surface area contributed by atoms with Crippen molar-refractivity contribution in [3.8, 4) is 11.5 Å². The predicted molar refractivity (Wildman–Crippen MR) is 88.1 cm³/mol. The predicted octanol–water partition coefficient (Wildman–Crippen LogP) is 3.41. The van der Waals surface area contributed by atoms with Gasteiger partial charge in [-0.25, -0.2) is 0 Å². The van der Waals surface area contributed by atoms with E-state index in [1.165, 1.54) is 0 Å². The molecule has 5 nitrogen and oxygen atoms in total. The first-order chi connectivity index (χ1) is 10.6. The summed E-state index contributed by atoms with van der Waals surface area (Å²) in [6, 6.07) is 12.4. The minimum atomic E-state index is -0.188. The Morgan fingerprint density at radius 2 is 1.82 bits per heavy atom. The molecule has 0 aliphatic carbocycles. The zero-order chi connectivity index (χ0) is 15.9. The Morgan fingerprint density at radius 3 is 2.50 bits per heavy atom. The molecule has 2 N–H and O–H groups in total. The number of carbonyl (C=O) groups is 1. The van der Waals surface area contributed by atoms with E-state index in [0.717, 1.165) is 0 Å². The third-order valence-corrected chi connectivity index (χ3v) is 3.31. The lowest BCUT2D eigenvalue weighted by atomic mass is 10.2. The van der Waals surface area contributed by atoms with E-state index in [-0.39, 0.29) is 12.5 Å². The van der Waals surface area contributed by atoms with E-state index in [9.17, 15) is 4.79 Å². The summed E-state index contributed by atoms with van der Waals surface area (Å²) in [5, 5.41) is 6.33. The number of anilines is 2. The molecule has 0 aliphatic rings. The molecule has 0 fully saturated rings. The van der Waals surface area contributed by atoms with Crippen LogP contribution >= 0.6 is 11.6 Å². The van der Waals surface area contributed by atoms with Crippen molar-refractivity contribution in [2.24, 2.45) is 0 Å². The third kappa shape index (κ3) is 4.05. The molecule has 2 rings (SSSR count). The fourth-order valence-corrected chi connectivity index (χ4v) is 2.10. The second kappa shape index (κ2) is 7.56. The molecule has 0 bridgehead atoms. The average molecular weight is 321 g/mol. The Hall–Kier alpha value is -2.40. The van der Waals surface area contributed by atoms with E-state index in [2.05, 4.69) is 10.6 Å². The zero-order valence-corrected chi connectivity index (χ0v) is 13.1. The van der Waals surface area contributed by atoms with Gasteiger partial charge in [0.15, 0.2) is 11.5 Å². The topological polar surface area (TPSA) is 59.6 Å². The van der Waals surface area contributed by atoms with Crippen molar-refractivity contribution in [3.05, 3.63) is 47.5 Å². The van der Waals surface area contributed by atoms with Crippen LogP contribution in [0.3, 0.4) is 0 Å². The molecule has 6 heteroatoms. The number of carbonyl (C=O) groups excluding carboxylic acids is 1. The standard InChI is InChI=1S/C16H17ClN2O3/c1-21-14-8-7-11(9-15(14)22-2)19-16(20)10-18-13-6-4-3-5-12(13)17/h3-9,18H,10H2,1-2H3,(H,19,20). The third-order valence-electron chi connectivity index (χ3n) is 2.98. The Balaban J connectivity index is 1.96. The molecular weight excluding hydrogens is 304 g/mol. The molecule has 0 saturated heterocycles. The molecule has 22 heavy (non-hydrogen) atoms. The van der Waals surface area contributed by atoms with Crippen LogP contribution < -0.4 is 20.1 Å². The molecule has 2 aromatic carbocycles. The van der Waals surface area contributed by atoms with Gasteiger partial charge in [0, 0.05) is 11.8 Å². The number of hydrogen-bond donors (Lipinski definition) is 2. The minimum Gasteiger partial charge on any atom is -0.493 e. The zero-order valence-electron chi connectivity index (χ0n) is 12.4. The second-order valence-electron chi connectivity index (χ2n) is 4.45. The maximum atomic E-state index is 12.0. The van der Waals surface area contributed by atoms with Gasteiger partial charge in [0.1, 0.15) is 0 Å². The molecule has 2 aromatic rings. The number of halogens is 1. The molecule has 0 radical (unpaired) electrons. The molecular formula is C16H17ClN2O3. The lowest BCUT2D eigenvalue weighted by molar-refractivity contribution is -0.114. The molecule has 0 aliphatic heterocycles. The first-order valence-corrected chi connectivity index (χ1v) is 7.02. The van der Waals surface area contributed by atoms with Crippen molar-refractivity contribution in [2.75, 3.05) is 31.4 Å². The van der Waals surface area contributed by atoms with Gasteiger partial charge < -0.3 is 20.1 Å². The summed E-state index contributed by atoms with van der Waals surface area (Å²) < 4.78 is 10.3. The van der Waals surface area contributed by atoms with Gasteiger partial charge in [-0.05, 0) is 24.3 Å². The summed E-state index contributed by atoms with van der Waals surface area (Å²) in [5.41, 5.74) is 1.34. The number of ether oxygens (including phenoxy) is 2.